The lowest BCUT2D eigenvalue weighted by Gasteiger charge is -2.37. The summed E-state index contributed by atoms with van der Waals surface area (Å²) in [6, 6.07) is 23.5. The molecule has 4 aromatic carbocycles. The number of amides is 5. The Hall–Kier alpha value is -7.61. The highest BCUT2D eigenvalue weighted by Crippen LogP contribution is 2.40. The molecule has 74 heavy (non-hydrogen) atoms. The van der Waals surface area contributed by atoms with Gasteiger partial charge in [-0.15, -0.1) is 0 Å². The second-order valence-electron chi connectivity index (χ2n) is 17.9. The predicted molar refractivity (Wildman–Crippen MR) is 271 cm³/mol. The first-order valence-electron chi connectivity index (χ1n) is 24.5. The maximum atomic E-state index is 13.8. The van der Waals surface area contributed by atoms with E-state index in [1.807, 2.05) is 19.1 Å². The number of allylic oxidation sites excluding steroid dienone is 3. The third kappa shape index (κ3) is 14.3. The van der Waals surface area contributed by atoms with Crippen LogP contribution < -0.4 is 41.7 Å². The summed E-state index contributed by atoms with van der Waals surface area (Å²) in [5.74, 6) is -0.480. The van der Waals surface area contributed by atoms with Crippen LogP contribution in [0.5, 0.6) is 0 Å². The zero-order chi connectivity index (χ0) is 53.4. The second kappa shape index (κ2) is 25.9. The highest BCUT2D eigenvalue weighted by molar-refractivity contribution is 6.05. The molecular weight excluding hydrogens is 963 g/mol. The summed E-state index contributed by atoms with van der Waals surface area (Å²) in [6.07, 6.45) is -0.808. The van der Waals surface area contributed by atoms with E-state index in [-0.39, 0.29) is 22.6 Å². The smallest absolute Gasteiger partial charge is 0.385 e. The number of nitriles is 2. The SMILES string of the molecule is C/C=C(/NCCCNCCCCCCCNCCCNC(=O)C1=C(C)N(c2cccc(C(F)(F)F)c2)C(=O)N[C@@H]1c1ccc(C#N)cc1)C1=C(C)N(c2cccc(C(F)(F)F)c2)C(=O)N[C@@H]1c1ccc(C#N)cc1. The summed E-state index contributed by atoms with van der Waals surface area (Å²) in [6.45, 7) is 9.03. The minimum atomic E-state index is -4.64. The van der Waals surface area contributed by atoms with Gasteiger partial charge in [0.05, 0.1) is 63.4 Å². The summed E-state index contributed by atoms with van der Waals surface area (Å²) >= 11 is 0. The van der Waals surface area contributed by atoms with Crippen molar-refractivity contribution in [3.63, 3.8) is 0 Å². The van der Waals surface area contributed by atoms with E-state index in [1.165, 1.54) is 36.1 Å². The molecule has 0 aromatic heterocycles. The van der Waals surface area contributed by atoms with E-state index in [4.69, 9.17) is 0 Å². The lowest BCUT2D eigenvalue weighted by atomic mass is 9.91. The van der Waals surface area contributed by atoms with Crippen LogP contribution in [0.4, 0.5) is 47.3 Å². The number of hydrogen-bond donors (Lipinski definition) is 6. The van der Waals surface area contributed by atoms with E-state index < -0.39 is 53.5 Å². The van der Waals surface area contributed by atoms with Gasteiger partial charge in [0.25, 0.3) is 5.91 Å². The fraction of sp³-hybridized carbons (Fsp3) is 0.364. The number of anilines is 2. The van der Waals surface area contributed by atoms with Gasteiger partial charge in [-0.3, -0.25) is 14.6 Å². The van der Waals surface area contributed by atoms with Crippen LogP contribution in [0.15, 0.2) is 131 Å². The van der Waals surface area contributed by atoms with Crippen molar-refractivity contribution >= 4 is 29.3 Å². The Balaban J connectivity index is 0.898. The van der Waals surface area contributed by atoms with Gasteiger partial charge in [-0.25, -0.2) is 9.59 Å². The van der Waals surface area contributed by atoms with E-state index in [0.29, 0.717) is 59.6 Å². The van der Waals surface area contributed by atoms with E-state index in [0.717, 1.165) is 93.0 Å². The second-order valence-corrected chi connectivity index (χ2v) is 17.9. The van der Waals surface area contributed by atoms with E-state index >= 15 is 0 Å². The molecule has 6 rings (SSSR count). The van der Waals surface area contributed by atoms with Gasteiger partial charge < -0.3 is 31.9 Å². The van der Waals surface area contributed by atoms with Crippen LogP contribution in [0.2, 0.25) is 0 Å². The van der Waals surface area contributed by atoms with Gasteiger partial charge in [-0.2, -0.15) is 36.9 Å². The van der Waals surface area contributed by atoms with Crippen LogP contribution in [0.3, 0.4) is 0 Å². The molecule has 0 aliphatic carbocycles. The standard InChI is InChI=1S/C55H60F6N10O3/c1-4-46(47-36(2)70(44-16-10-14-42(32-44)54(56,57)58)52(73)68-49(47)40-22-18-38(34-62)19-23-40)66-30-12-28-64-26-8-6-5-7-9-27-65-29-13-31-67-51(72)48-37(3)71(45-17-11-15-43(33-45)55(59,60)61)53(74)69-50(48)41-24-20-39(35-63)21-25-41/h4,10-11,14-25,32-33,49-50,64-66H,5-9,12-13,26-31H2,1-3H3,(H,67,72)(H,68,73)(H,69,74)/b46-4+/t49-,50-/m1/s1. The average molecular weight is 1020 g/mol. The fourth-order valence-corrected chi connectivity index (χ4v) is 8.97. The van der Waals surface area contributed by atoms with Crippen molar-refractivity contribution in [1.29, 1.82) is 10.5 Å². The van der Waals surface area contributed by atoms with Crippen molar-refractivity contribution in [3.8, 4) is 12.1 Å². The summed E-state index contributed by atoms with van der Waals surface area (Å²) in [5.41, 5.74) is 2.54. The lowest BCUT2D eigenvalue weighted by molar-refractivity contribution is -0.138. The molecule has 4 aromatic rings. The number of benzene rings is 4. The quantitative estimate of drug-likeness (QED) is 0.0314. The molecule has 6 N–H and O–H groups in total. The average Bonchev–Trinajstić information content (AvgIpc) is 3.38. The van der Waals surface area contributed by atoms with Crippen molar-refractivity contribution in [3.05, 3.63) is 165 Å². The minimum absolute atomic E-state index is 0.0422. The Morgan fingerprint density at radius 3 is 1.42 bits per heavy atom. The molecule has 2 atom stereocenters. The summed E-state index contributed by atoms with van der Waals surface area (Å²) in [5, 5.41) is 37.7. The molecule has 0 unspecified atom stereocenters. The molecule has 2 aliphatic heterocycles. The summed E-state index contributed by atoms with van der Waals surface area (Å²) in [4.78, 5) is 43.1. The maximum Gasteiger partial charge on any atom is 0.416 e. The Bertz CT molecular complexity index is 2790. The molecule has 2 heterocycles. The first-order valence-corrected chi connectivity index (χ1v) is 24.5. The molecular formula is C55H60F6N10O3. The number of rotatable bonds is 23. The van der Waals surface area contributed by atoms with Gasteiger partial charge in [-0.1, -0.05) is 61.7 Å². The number of urea groups is 2. The van der Waals surface area contributed by atoms with Crippen LogP contribution >= 0.6 is 0 Å². The molecule has 0 saturated carbocycles. The van der Waals surface area contributed by atoms with Crippen molar-refractivity contribution < 1.29 is 40.7 Å². The fourth-order valence-electron chi connectivity index (χ4n) is 8.97. The predicted octanol–water partition coefficient (Wildman–Crippen LogP) is 10.8. The minimum Gasteiger partial charge on any atom is -0.385 e. The zero-order valence-corrected chi connectivity index (χ0v) is 41.4. The van der Waals surface area contributed by atoms with E-state index in [9.17, 15) is 51.2 Å². The van der Waals surface area contributed by atoms with E-state index in [1.54, 1.807) is 55.5 Å². The zero-order valence-electron chi connectivity index (χ0n) is 41.4. The van der Waals surface area contributed by atoms with Gasteiger partial charge in [0, 0.05) is 35.8 Å². The molecule has 0 spiro atoms. The van der Waals surface area contributed by atoms with Crippen molar-refractivity contribution in [2.45, 2.75) is 90.2 Å². The van der Waals surface area contributed by atoms with Gasteiger partial charge in [0.1, 0.15) is 0 Å². The third-order valence-corrected chi connectivity index (χ3v) is 12.8. The summed E-state index contributed by atoms with van der Waals surface area (Å²) in [7, 11) is 0. The Morgan fingerprint density at radius 2 is 0.986 bits per heavy atom. The topological polar surface area (TPSA) is 177 Å². The van der Waals surface area contributed by atoms with Crippen LogP contribution in [0.25, 0.3) is 0 Å². The van der Waals surface area contributed by atoms with Crippen LogP contribution in [0.1, 0.15) is 111 Å². The molecule has 0 fully saturated rings. The molecule has 390 valence electrons. The normalized spacial score (nSPS) is 16.4. The molecule has 19 heteroatoms. The Morgan fingerprint density at radius 1 is 0.581 bits per heavy atom. The number of nitrogens with one attached hydrogen (secondary N) is 6. The number of halogens is 6. The highest BCUT2D eigenvalue weighted by atomic mass is 19.4. The summed E-state index contributed by atoms with van der Waals surface area (Å²) < 4.78 is 81.8. The molecule has 0 radical (unpaired) electrons. The van der Waals surface area contributed by atoms with Crippen molar-refractivity contribution in [2.24, 2.45) is 0 Å². The number of alkyl halides is 6. The first kappa shape index (κ1) is 55.7. The lowest BCUT2D eigenvalue weighted by Crippen LogP contribution is -2.49. The van der Waals surface area contributed by atoms with Gasteiger partial charge in [-0.05, 0) is 144 Å². The molecule has 0 bridgehead atoms. The molecule has 2 aliphatic rings. The number of carbonyl (C=O) groups is 3. The first-order chi connectivity index (χ1) is 35.5. The van der Waals surface area contributed by atoms with Crippen molar-refractivity contribution in [1.82, 2.24) is 31.9 Å². The van der Waals surface area contributed by atoms with E-state index in [2.05, 4.69) is 38.0 Å². The van der Waals surface area contributed by atoms with Gasteiger partial charge in [0.2, 0.25) is 0 Å². The molecule has 5 amide bonds. The Kier molecular flexibility index (Phi) is 19.5. The largest absolute Gasteiger partial charge is 0.416 e. The third-order valence-electron chi connectivity index (χ3n) is 12.8. The van der Waals surface area contributed by atoms with Crippen LogP contribution in [-0.4, -0.2) is 57.2 Å². The maximum absolute atomic E-state index is 13.8. The number of carbonyl (C=O) groups excluding carboxylic acids is 3. The number of unbranched alkanes of at least 4 members (excludes halogenated alkanes) is 4. The monoisotopic (exact) mass is 1020 g/mol. The van der Waals surface area contributed by atoms with Gasteiger partial charge in [0.15, 0.2) is 0 Å². The number of nitrogens with zero attached hydrogens (tertiary/aromatic N) is 4. The molecule has 0 saturated heterocycles. The Labute approximate surface area is 427 Å². The van der Waals surface area contributed by atoms with Gasteiger partial charge >= 0.3 is 24.4 Å². The molecule has 13 nitrogen and oxygen atoms in total. The number of hydrogen-bond acceptors (Lipinski definition) is 8. The highest BCUT2D eigenvalue weighted by Gasteiger charge is 2.39. The van der Waals surface area contributed by atoms with Crippen LogP contribution in [-0.2, 0) is 17.1 Å². The van der Waals surface area contributed by atoms with Crippen molar-refractivity contribution in [2.75, 3.05) is 49.1 Å². The van der Waals surface area contributed by atoms with Crippen LogP contribution in [0, 0.1) is 22.7 Å².